The number of nitrogens with two attached hydrogens (primary N) is 1. The van der Waals surface area contributed by atoms with Crippen LogP contribution in [-0.2, 0) is 4.74 Å². The zero-order valence-corrected chi connectivity index (χ0v) is 12.2. The number of hydrogen-bond acceptors (Lipinski definition) is 4. The van der Waals surface area contributed by atoms with Crippen molar-refractivity contribution < 1.29 is 4.74 Å². The Bertz CT molecular complexity index is 588. The lowest BCUT2D eigenvalue weighted by Gasteiger charge is -2.35. The molecule has 0 radical (unpaired) electrons. The zero-order valence-electron chi connectivity index (χ0n) is 12.2. The van der Waals surface area contributed by atoms with Crippen molar-refractivity contribution in [3.63, 3.8) is 0 Å². The van der Waals surface area contributed by atoms with Crippen LogP contribution in [0.3, 0.4) is 0 Å². The molecule has 0 bridgehead atoms. The first kappa shape index (κ1) is 14.0. The average molecular weight is 283 g/mol. The van der Waals surface area contributed by atoms with Crippen LogP contribution in [0.5, 0.6) is 0 Å². The molecule has 1 aliphatic heterocycles. The molecule has 4 nitrogen and oxygen atoms in total. The van der Waals surface area contributed by atoms with Gasteiger partial charge in [0.05, 0.1) is 11.9 Å². The monoisotopic (exact) mass is 283 g/mol. The molecule has 0 amide bonds. The van der Waals surface area contributed by atoms with E-state index in [9.17, 15) is 0 Å². The molecule has 0 aliphatic carbocycles. The van der Waals surface area contributed by atoms with Gasteiger partial charge in [-0.15, -0.1) is 0 Å². The number of hydrogen-bond donors (Lipinski definition) is 2. The van der Waals surface area contributed by atoms with Gasteiger partial charge in [-0.3, -0.25) is 4.98 Å². The minimum Gasteiger partial charge on any atom is -0.359 e. The van der Waals surface area contributed by atoms with E-state index < -0.39 is 0 Å². The van der Waals surface area contributed by atoms with E-state index in [0.29, 0.717) is 5.92 Å². The summed E-state index contributed by atoms with van der Waals surface area (Å²) < 4.78 is 5.84. The van der Waals surface area contributed by atoms with Crippen molar-refractivity contribution in [1.82, 2.24) is 4.98 Å². The molecule has 3 N–H and O–H groups in total. The van der Waals surface area contributed by atoms with Gasteiger partial charge in [0.15, 0.2) is 0 Å². The number of nitrogens with zero attached hydrogens (tertiary/aromatic N) is 1. The number of ether oxygens (including phenoxy) is 1. The predicted molar refractivity (Wildman–Crippen MR) is 83.9 cm³/mol. The topological polar surface area (TPSA) is 60.2 Å². The van der Waals surface area contributed by atoms with E-state index in [4.69, 9.17) is 10.5 Å². The summed E-state index contributed by atoms with van der Waals surface area (Å²) in [4.78, 5) is 4.16. The fraction of sp³-hybridized carbons (Fsp3) is 0.353. The molecule has 1 fully saturated rings. The molecule has 3 atom stereocenters. The van der Waals surface area contributed by atoms with Crippen molar-refractivity contribution in [2.75, 3.05) is 5.32 Å². The van der Waals surface area contributed by atoms with Gasteiger partial charge in [0.2, 0.25) is 0 Å². The maximum atomic E-state index is 6.07. The maximum absolute atomic E-state index is 6.07. The summed E-state index contributed by atoms with van der Waals surface area (Å²) in [5.74, 6) is 0.421. The van der Waals surface area contributed by atoms with E-state index in [1.165, 1.54) is 5.56 Å². The summed E-state index contributed by atoms with van der Waals surface area (Å²) in [7, 11) is 0. The average Bonchev–Trinajstić information content (AvgIpc) is 2.50. The first-order valence-corrected chi connectivity index (χ1v) is 7.35. The molecule has 1 aromatic heterocycles. The Labute approximate surface area is 125 Å². The molecule has 1 aliphatic rings. The molecule has 0 saturated carbocycles. The third kappa shape index (κ3) is 3.40. The van der Waals surface area contributed by atoms with Gasteiger partial charge in [0.25, 0.3) is 0 Å². The molecule has 2 aromatic rings. The summed E-state index contributed by atoms with van der Waals surface area (Å²) in [5.41, 5.74) is 9.55. The van der Waals surface area contributed by atoms with Crippen molar-refractivity contribution in [3.8, 4) is 0 Å². The van der Waals surface area contributed by atoms with Crippen molar-refractivity contribution in [3.05, 3.63) is 59.9 Å². The van der Waals surface area contributed by atoms with Crippen LogP contribution in [0.15, 0.2) is 48.8 Å². The molecule has 4 heteroatoms. The van der Waals surface area contributed by atoms with Crippen molar-refractivity contribution >= 4 is 5.69 Å². The second-order valence-electron chi connectivity index (χ2n) is 5.58. The Morgan fingerprint density at radius 1 is 1.19 bits per heavy atom. The van der Waals surface area contributed by atoms with Crippen LogP contribution >= 0.6 is 0 Å². The molecule has 21 heavy (non-hydrogen) atoms. The lowest BCUT2D eigenvalue weighted by Crippen LogP contribution is -2.41. The van der Waals surface area contributed by atoms with Crippen LogP contribution in [0, 0.1) is 6.92 Å². The highest BCUT2D eigenvalue weighted by Crippen LogP contribution is 2.32. The quantitative estimate of drug-likeness (QED) is 0.909. The van der Waals surface area contributed by atoms with Crippen LogP contribution in [-0.4, -0.2) is 17.4 Å². The molecule has 0 unspecified atom stereocenters. The smallest absolute Gasteiger partial charge is 0.130 e. The molecule has 0 spiro atoms. The lowest BCUT2D eigenvalue weighted by molar-refractivity contribution is -0.0396. The lowest BCUT2D eigenvalue weighted by atomic mass is 9.89. The molecule has 3 rings (SSSR count). The third-order valence-electron chi connectivity index (χ3n) is 3.98. The number of rotatable bonds is 3. The summed E-state index contributed by atoms with van der Waals surface area (Å²) in [5, 5.41) is 3.41. The van der Waals surface area contributed by atoms with E-state index in [0.717, 1.165) is 24.1 Å². The minimum atomic E-state index is -0.238. The summed E-state index contributed by atoms with van der Waals surface area (Å²) in [6.45, 7) is 2.06. The molecule has 2 heterocycles. The normalized spacial score (nSPS) is 25.5. The van der Waals surface area contributed by atoms with Gasteiger partial charge >= 0.3 is 0 Å². The van der Waals surface area contributed by atoms with E-state index in [2.05, 4.69) is 41.5 Å². The zero-order chi connectivity index (χ0) is 14.7. The van der Waals surface area contributed by atoms with E-state index in [1.54, 1.807) is 6.20 Å². The van der Waals surface area contributed by atoms with E-state index in [-0.39, 0.29) is 12.5 Å². The number of benzene rings is 1. The fourth-order valence-corrected chi connectivity index (χ4v) is 2.84. The summed E-state index contributed by atoms with van der Waals surface area (Å²) >= 11 is 0. The summed E-state index contributed by atoms with van der Waals surface area (Å²) in [6.07, 6.45) is 5.07. The standard InChI is InChI=1S/C17H21N3O/c1-12-7-8-19-11-15(12)20-17-10-14(9-16(18)21-17)13-5-3-2-4-6-13/h2-8,11,14,16-17,20H,9-10,18H2,1H3/t14-,16+,17-/m0/s1. The Hall–Kier alpha value is -1.91. The van der Waals surface area contributed by atoms with E-state index in [1.807, 2.05) is 18.3 Å². The first-order chi connectivity index (χ1) is 10.2. The van der Waals surface area contributed by atoms with Gasteiger partial charge in [0, 0.05) is 6.20 Å². The Kier molecular flexibility index (Phi) is 4.18. The van der Waals surface area contributed by atoms with Crippen LogP contribution in [0.2, 0.25) is 0 Å². The number of nitrogens with one attached hydrogen (secondary N) is 1. The fourth-order valence-electron chi connectivity index (χ4n) is 2.84. The summed E-state index contributed by atoms with van der Waals surface area (Å²) in [6, 6.07) is 12.5. The number of aromatic nitrogens is 1. The van der Waals surface area contributed by atoms with Gasteiger partial charge in [-0.25, -0.2) is 0 Å². The molecule has 1 aromatic carbocycles. The highest BCUT2D eigenvalue weighted by Gasteiger charge is 2.28. The maximum Gasteiger partial charge on any atom is 0.130 e. The highest BCUT2D eigenvalue weighted by atomic mass is 16.5. The van der Waals surface area contributed by atoms with Gasteiger partial charge in [-0.1, -0.05) is 30.3 Å². The van der Waals surface area contributed by atoms with Gasteiger partial charge in [-0.2, -0.15) is 0 Å². The first-order valence-electron chi connectivity index (χ1n) is 7.35. The van der Waals surface area contributed by atoms with Gasteiger partial charge in [0.1, 0.15) is 12.5 Å². The molecule has 110 valence electrons. The minimum absolute atomic E-state index is 0.0816. The number of pyridine rings is 1. The van der Waals surface area contributed by atoms with Crippen molar-refractivity contribution in [1.29, 1.82) is 0 Å². The second-order valence-corrected chi connectivity index (χ2v) is 5.58. The van der Waals surface area contributed by atoms with Gasteiger partial charge in [-0.05, 0) is 42.9 Å². The van der Waals surface area contributed by atoms with Crippen LogP contribution in [0.4, 0.5) is 5.69 Å². The van der Waals surface area contributed by atoms with Gasteiger partial charge < -0.3 is 15.8 Å². The Balaban J connectivity index is 1.73. The van der Waals surface area contributed by atoms with E-state index >= 15 is 0 Å². The number of aryl methyl sites for hydroxylation is 1. The van der Waals surface area contributed by atoms with Crippen LogP contribution in [0.1, 0.15) is 29.9 Å². The SMILES string of the molecule is Cc1ccncc1N[C@@H]1C[C@@H](c2ccccc2)C[C@H](N)O1. The molecular weight excluding hydrogens is 262 g/mol. The molecular formula is C17H21N3O. The molecule has 1 saturated heterocycles. The Morgan fingerprint density at radius 2 is 2.00 bits per heavy atom. The second kappa shape index (κ2) is 6.24. The largest absolute Gasteiger partial charge is 0.359 e. The van der Waals surface area contributed by atoms with Crippen LogP contribution < -0.4 is 11.1 Å². The predicted octanol–water partition coefficient (Wildman–Crippen LogP) is 3.01. The third-order valence-corrected chi connectivity index (χ3v) is 3.98. The van der Waals surface area contributed by atoms with Crippen molar-refractivity contribution in [2.24, 2.45) is 5.73 Å². The number of anilines is 1. The van der Waals surface area contributed by atoms with Crippen molar-refractivity contribution in [2.45, 2.75) is 38.1 Å². The Morgan fingerprint density at radius 3 is 2.76 bits per heavy atom. The van der Waals surface area contributed by atoms with Crippen LogP contribution in [0.25, 0.3) is 0 Å². The highest BCUT2D eigenvalue weighted by molar-refractivity contribution is 5.48.